The van der Waals surface area contributed by atoms with Crippen LogP contribution in [-0.4, -0.2) is 29.5 Å². The van der Waals surface area contributed by atoms with Gasteiger partial charge in [0.25, 0.3) is 0 Å². The van der Waals surface area contributed by atoms with Gasteiger partial charge in [-0.25, -0.2) is 4.98 Å². The van der Waals surface area contributed by atoms with E-state index in [1.807, 2.05) is 30.5 Å². The fourth-order valence-electron chi connectivity index (χ4n) is 2.77. The van der Waals surface area contributed by atoms with Crippen molar-refractivity contribution in [2.75, 3.05) is 13.6 Å². The van der Waals surface area contributed by atoms with Crippen molar-refractivity contribution < 1.29 is 0 Å². The molecule has 0 bridgehead atoms. The predicted molar refractivity (Wildman–Crippen MR) is 114 cm³/mol. The van der Waals surface area contributed by atoms with Crippen LogP contribution < -0.4 is 10.6 Å². The van der Waals surface area contributed by atoms with Crippen LogP contribution in [0.5, 0.6) is 0 Å². The maximum atomic E-state index is 4.74. The first-order valence-corrected chi connectivity index (χ1v) is 10.1. The second-order valence-corrected chi connectivity index (χ2v) is 8.41. The molecule has 27 heavy (non-hydrogen) atoms. The Labute approximate surface area is 165 Å². The van der Waals surface area contributed by atoms with Gasteiger partial charge in [0.1, 0.15) is 0 Å². The summed E-state index contributed by atoms with van der Waals surface area (Å²) in [7, 11) is 1.79. The summed E-state index contributed by atoms with van der Waals surface area (Å²) in [5, 5.41) is 11.2. The van der Waals surface area contributed by atoms with Crippen LogP contribution in [-0.2, 0) is 18.4 Å². The molecule has 0 saturated heterocycles. The average Bonchev–Trinajstić information content (AvgIpc) is 3.14. The van der Waals surface area contributed by atoms with Gasteiger partial charge in [0, 0.05) is 48.9 Å². The molecule has 0 aliphatic heterocycles. The largest absolute Gasteiger partial charge is 0.356 e. The normalized spacial score (nSPS) is 12.4. The molecule has 0 radical (unpaired) electrons. The van der Waals surface area contributed by atoms with Gasteiger partial charge in [0.05, 0.1) is 16.2 Å². The van der Waals surface area contributed by atoms with Crippen molar-refractivity contribution in [2.45, 2.75) is 39.2 Å². The highest BCUT2D eigenvalue weighted by molar-refractivity contribution is 7.09. The van der Waals surface area contributed by atoms with E-state index in [0.29, 0.717) is 6.54 Å². The van der Waals surface area contributed by atoms with Crippen molar-refractivity contribution >= 4 is 28.2 Å². The summed E-state index contributed by atoms with van der Waals surface area (Å²) >= 11 is 1.73. The lowest BCUT2D eigenvalue weighted by atomic mass is 9.93. The highest BCUT2D eigenvalue weighted by atomic mass is 32.1. The van der Waals surface area contributed by atoms with Crippen LogP contribution in [0.3, 0.4) is 0 Å². The number of benzene rings is 1. The zero-order valence-electron chi connectivity index (χ0n) is 16.4. The number of pyridine rings is 1. The number of hydrogen-bond acceptors (Lipinski definition) is 4. The minimum Gasteiger partial charge on any atom is -0.356 e. The molecule has 0 spiro atoms. The molecule has 0 saturated carbocycles. The molecule has 0 unspecified atom stereocenters. The number of para-hydroxylation sites is 1. The number of nitrogens with zero attached hydrogens (tertiary/aromatic N) is 3. The Kier molecular flexibility index (Phi) is 6.06. The number of guanidine groups is 1. The molecule has 2 N–H and O–H groups in total. The fourth-order valence-corrected chi connectivity index (χ4v) is 3.79. The molecule has 1 aromatic carbocycles. The molecule has 0 atom stereocenters. The second-order valence-electron chi connectivity index (χ2n) is 7.47. The van der Waals surface area contributed by atoms with Crippen LogP contribution in [0.4, 0.5) is 0 Å². The fraction of sp³-hybridized carbons (Fsp3) is 0.381. The third-order valence-corrected chi connectivity index (χ3v) is 5.27. The van der Waals surface area contributed by atoms with E-state index in [4.69, 9.17) is 4.98 Å². The van der Waals surface area contributed by atoms with Crippen molar-refractivity contribution in [1.29, 1.82) is 0 Å². The van der Waals surface area contributed by atoms with Crippen molar-refractivity contribution in [3.05, 3.63) is 58.2 Å². The summed E-state index contributed by atoms with van der Waals surface area (Å²) < 4.78 is 0. The Morgan fingerprint density at radius 2 is 1.96 bits per heavy atom. The number of aromatic nitrogens is 2. The van der Waals surface area contributed by atoms with Crippen LogP contribution in [0.25, 0.3) is 10.9 Å². The summed E-state index contributed by atoms with van der Waals surface area (Å²) in [6.07, 6.45) is 2.74. The quantitative estimate of drug-likeness (QED) is 0.520. The lowest BCUT2D eigenvalue weighted by molar-refractivity contribution is 0.570. The van der Waals surface area contributed by atoms with E-state index in [9.17, 15) is 0 Å². The maximum Gasteiger partial charge on any atom is 0.191 e. The number of nitrogens with one attached hydrogen (secondary N) is 2. The maximum absolute atomic E-state index is 4.74. The van der Waals surface area contributed by atoms with Gasteiger partial charge in [0.15, 0.2) is 5.96 Å². The van der Waals surface area contributed by atoms with Crippen molar-refractivity contribution in [2.24, 2.45) is 4.99 Å². The van der Waals surface area contributed by atoms with Gasteiger partial charge in [0.2, 0.25) is 0 Å². The average molecular weight is 382 g/mol. The van der Waals surface area contributed by atoms with Crippen molar-refractivity contribution in [3.8, 4) is 0 Å². The minimum absolute atomic E-state index is 0.104. The van der Waals surface area contributed by atoms with Crippen LogP contribution in [0.2, 0.25) is 0 Å². The summed E-state index contributed by atoms with van der Waals surface area (Å²) in [5.74, 6) is 0.795. The molecule has 3 rings (SSSR count). The van der Waals surface area contributed by atoms with Crippen LogP contribution in [0, 0.1) is 0 Å². The molecule has 5 nitrogen and oxygen atoms in total. The van der Waals surface area contributed by atoms with Gasteiger partial charge in [-0.2, -0.15) is 0 Å². The van der Waals surface area contributed by atoms with E-state index < -0.39 is 0 Å². The third-order valence-electron chi connectivity index (χ3n) is 4.36. The minimum atomic E-state index is 0.104. The molecule has 2 heterocycles. The van der Waals surface area contributed by atoms with Crippen molar-refractivity contribution in [3.63, 3.8) is 0 Å². The van der Waals surface area contributed by atoms with Gasteiger partial charge in [-0.15, -0.1) is 11.3 Å². The Morgan fingerprint density at radius 1 is 1.15 bits per heavy atom. The number of fused-ring (bicyclic) bond motifs is 1. The Morgan fingerprint density at radius 3 is 2.70 bits per heavy atom. The summed E-state index contributed by atoms with van der Waals surface area (Å²) in [4.78, 5) is 13.5. The van der Waals surface area contributed by atoms with E-state index >= 15 is 0 Å². The van der Waals surface area contributed by atoms with Crippen molar-refractivity contribution in [1.82, 2.24) is 20.6 Å². The monoisotopic (exact) mass is 381 g/mol. The molecule has 0 amide bonds. The summed E-state index contributed by atoms with van der Waals surface area (Å²) in [6.45, 7) is 8.08. The Bertz CT molecular complexity index is 918. The molecule has 0 aliphatic rings. The van der Waals surface area contributed by atoms with Crippen LogP contribution >= 0.6 is 11.3 Å². The van der Waals surface area contributed by atoms with E-state index in [1.165, 1.54) is 10.9 Å². The second kappa shape index (κ2) is 8.48. The zero-order valence-corrected chi connectivity index (χ0v) is 17.2. The number of hydrogen-bond donors (Lipinski definition) is 2. The summed E-state index contributed by atoms with van der Waals surface area (Å²) in [5.41, 5.74) is 3.48. The number of rotatable bonds is 5. The molecule has 0 aliphatic carbocycles. The first-order chi connectivity index (χ1) is 13.0. The predicted octanol–water partition coefficient (Wildman–Crippen LogP) is 3.90. The Balaban J connectivity index is 1.53. The highest BCUT2D eigenvalue weighted by Crippen LogP contribution is 2.23. The SMILES string of the molecule is CN=C(NCCc1nc(C(C)(C)C)cs1)NCc1ccnc2ccccc12. The lowest BCUT2D eigenvalue weighted by Crippen LogP contribution is -2.37. The molecule has 142 valence electrons. The molecular formula is C21H27N5S. The van der Waals surface area contributed by atoms with Gasteiger partial charge in [-0.05, 0) is 17.7 Å². The molecule has 2 aromatic heterocycles. The third kappa shape index (κ3) is 5.04. The molecular weight excluding hydrogens is 354 g/mol. The molecule has 3 aromatic rings. The first-order valence-electron chi connectivity index (χ1n) is 9.19. The van der Waals surface area contributed by atoms with E-state index in [-0.39, 0.29) is 5.41 Å². The molecule has 6 heteroatoms. The number of aliphatic imine (C=N–C) groups is 1. The lowest BCUT2D eigenvalue weighted by Gasteiger charge is -2.14. The van der Waals surface area contributed by atoms with E-state index in [0.717, 1.165) is 35.1 Å². The highest BCUT2D eigenvalue weighted by Gasteiger charge is 2.17. The van der Waals surface area contributed by atoms with Gasteiger partial charge in [-0.3, -0.25) is 9.98 Å². The van der Waals surface area contributed by atoms with Gasteiger partial charge >= 0.3 is 0 Å². The standard InChI is InChI=1S/C21H27N5S/c1-21(2,3)18-14-27-19(26-18)10-12-24-20(22-4)25-13-15-9-11-23-17-8-6-5-7-16(15)17/h5-9,11,14H,10,12-13H2,1-4H3,(H2,22,24,25). The van der Waals surface area contributed by atoms with Gasteiger partial charge in [-0.1, -0.05) is 39.0 Å². The smallest absolute Gasteiger partial charge is 0.191 e. The first kappa shape index (κ1) is 19.3. The van der Waals surface area contributed by atoms with Crippen LogP contribution in [0.15, 0.2) is 46.9 Å². The summed E-state index contributed by atoms with van der Waals surface area (Å²) in [6, 6.07) is 10.2. The number of thiazole rings is 1. The van der Waals surface area contributed by atoms with E-state index in [2.05, 4.69) is 52.8 Å². The topological polar surface area (TPSA) is 62.2 Å². The van der Waals surface area contributed by atoms with E-state index in [1.54, 1.807) is 18.4 Å². The molecule has 0 fully saturated rings. The zero-order chi connectivity index (χ0) is 19.3. The Hall–Kier alpha value is -2.47. The van der Waals surface area contributed by atoms with Gasteiger partial charge < -0.3 is 10.6 Å². The van der Waals surface area contributed by atoms with Crippen LogP contribution in [0.1, 0.15) is 37.0 Å².